The quantitative estimate of drug-likeness (QED) is 0.242. The molecule has 5 amide bonds. The van der Waals surface area contributed by atoms with E-state index in [2.05, 4.69) is 15.1 Å². The summed E-state index contributed by atoms with van der Waals surface area (Å²) in [6.45, 7) is 4.60. The Labute approximate surface area is 174 Å². The number of rotatable bonds is 5. The van der Waals surface area contributed by atoms with Crippen molar-refractivity contribution >= 4 is 28.4 Å². The monoisotopic (exact) mass is 403 g/mol. The van der Waals surface area contributed by atoms with Crippen LogP contribution in [0.15, 0.2) is 0 Å². The van der Waals surface area contributed by atoms with Crippen LogP contribution in [-0.2, 0) is 19.5 Å². The molecule has 2 rings (SSSR count). The number of hydrogen-bond donors (Lipinski definition) is 3. The first-order chi connectivity index (χ1) is 11.7. The van der Waals surface area contributed by atoms with Gasteiger partial charge in [0, 0.05) is 19.6 Å². The number of carbonyl (C=O) groups is 3. The molecule has 0 aromatic carbocycles. The van der Waals surface area contributed by atoms with Gasteiger partial charge < -0.3 is 11.2 Å². The molecule has 0 aromatic heterocycles. The third-order valence-corrected chi connectivity index (χ3v) is 4.49. The third kappa shape index (κ3) is 5.20. The van der Waals surface area contributed by atoms with Crippen LogP contribution in [0.1, 0.15) is 28.1 Å². The van der Waals surface area contributed by atoms with E-state index < -0.39 is 40.5 Å². The van der Waals surface area contributed by atoms with Gasteiger partial charge in [-0.2, -0.15) is 13.5 Å². The van der Waals surface area contributed by atoms with Crippen molar-refractivity contribution in [2.75, 3.05) is 19.6 Å². The van der Waals surface area contributed by atoms with E-state index in [1.807, 2.05) is 0 Å². The van der Waals surface area contributed by atoms with Crippen LogP contribution >= 0.6 is 0 Å². The van der Waals surface area contributed by atoms with E-state index in [4.69, 9.17) is 4.55 Å². The maximum atomic E-state index is 12.3. The molecule has 2 fully saturated rings. The molecular weight excluding hydrogens is 381 g/mol. The molecule has 2 aliphatic heterocycles. The van der Waals surface area contributed by atoms with Gasteiger partial charge in [-0.25, -0.2) is 15.0 Å². The smallest absolute Gasteiger partial charge is 1.00 e. The molecule has 144 valence electrons. The Morgan fingerprint density at radius 2 is 1.92 bits per heavy atom. The maximum absolute atomic E-state index is 12.3. The van der Waals surface area contributed by atoms with Crippen LogP contribution in [0.5, 0.6) is 0 Å². The van der Waals surface area contributed by atoms with Crippen molar-refractivity contribution in [1.82, 2.24) is 25.7 Å². The third-order valence-electron chi connectivity index (χ3n) is 4.14. The first-order valence-corrected chi connectivity index (χ1v) is 9.16. The van der Waals surface area contributed by atoms with Crippen molar-refractivity contribution in [3.05, 3.63) is 0 Å². The number of hydrazine groups is 1. The zero-order valence-corrected chi connectivity index (χ0v) is 17.7. The van der Waals surface area contributed by atoms with Crippen LogP contribution in [0.25, 0.3) is 0 Å². The minimum atomic E-state index is -4.84. The molecule has 0 aliphatic carbocycles. The summed E-state index contributed by atoms with van der Waals surface area (Å²) < 4.78 is 34.7. The number of fused-ring (bicyclic) bond motifs is 2. The van der Waals surface area contributed by atoms with Gasteiger partial charge in [0.2, 0.25) is 0 Å². The van der Waals surface area contributed by atoms with E-state index in [0.29, 0.717) is 24.6 Å². The first-order valence-electron chi connectivity index (χ1n) is 7.79. The molecule has 3 N–H and O–H groups in total. The zero-order chi connectivity index (χ0) is 18.8. The normalized spacial score (nSPS) is 21.9. The number of hydroxylamine groups is 2. The van der Waals surface area contributed by atoms with E-state index in [0.717, 1.165) is 4.90 Å². The Bertz CT molecular complexity index is 663. The van der Waals surface area contributed by atoms with Crippen molar-refractivity contribution in [1.29, 1.82) is 0 Å². The summed E-state index contributed by atoms with van der Waals surface area (Å²) in [7, 11) is -4.84. The number of amides is 5. The molecule has 26 heavy (non-hydrogen) atoms. The van der Waals surface area contributed by atoms with E-state index in [-0.39, 0.29) is 43.9 Å². The first kappa shape index (κ1) is 22.9. The molecular formula is C12H22N5NaO7S. The largest absolute Gasteiger partial charge is 1.00 e. The molecule has 0 spiro atoms. The summed E-state index contributed by atoms with van der Waals surface area (Å²) in [5.41, 5.74) is 4.54. The van der Waals surface area contributed by atoms with Crippen LogP contribution in [-0.4, -0.2) is 77.5 Å². The van der Waals surface area contributed by atoms with Gasteiger partial charge in [0.25, 0.3) is 5.91 Å². The number of urea groups is 2. The van der Waals surface area contributed by atoms with Crippen LogP contribution < -0.4 is 40.4 Å². The van der Waals surface area contributed by atoms with Gasteiger partial charge in [-0.05, 0) is 26.7 Å². The van der Waals surface area contributed by atoms with E-state index >= 15 is 0 Å². The number of piperidine rings is 1. The Hall–Kier alpha value is -1.12. The number of carbonyl (C=O) groups excluding carboxylic acids is 3. The van der Waals surface area contributed by atoms with Gasteiger partial charge >= 0.3 is 52.0 Å². The topological polar surface area (TPSA) is 149 Å². The molecule has 2 heterocycles. The van der Waals surface area contributed by atoms with Gasteiger partial charge in [0.15, 0.2) is 0 Å². The summed E-state index contributed by atoms with van der Waals surface area (Å²) >= 11 is 0. The molecule has 2 aliphatic rings. The predicted molar refractivity (Wildman–Crippen MR) is 84.1 cm³/mol. The summed E-state index contributed by atoms with van der Waals surface area (Å²) in [4.78, 5) is 38.9. The van der Waals surface area contributed by atoms with Gasteiger partial charge in [0.05, 0.1) is 6.04 Å². The average Bonchev–Trinajstić information content (AvgIpc) is 2.77. The van der Waals surface area contributed by atoms with E-state index in [1.165, 1.54) is 4.90 Å². The van der Waals surface area contributed by atoms with E-state index in [1.54, 1.807) is 13.8 Å². The van der Waals surface area contributed by atoms with Gasteiger partial charge in [-0.1, -0.05) is 0 Å². The van der Waals surface area contributed by atoms with Crippen LogP contribution in [0.3, 0.4) is 0 Å². The second-order valence-corrected chi connectivity index (χ2v) is 6.61. The molecule has 0 unspecified atom stereocenters. The summed E-state index contributed by atoms with van der Waals surface area (Å²) in [5, 5.41) is 0.553. The summed E-state index contributed by atoms with van der Waals surface area (Å²) in [6.07, 6.45) is 0.564. The van der Waals surface area contributed by atoms with E-state index in [9.17, 15) is 22.8 Å². The molecule has 12 nitrogen and oxygen atoms in total. The fourth-order valence-electron chi connectivity index (χ4n) is 2.89. The molecule has 2 bridgehead atoms. The SMILES string of the molecule is CCN(CC)C(=O)NNC(=O)[C@@H]1CC[C@@H]2CN1C(=O)N2OS(=O)(=O)O.[H-].[Na+]. The minimum absolute atomic E-state index is 0. The molecule has 0 radical (unpaired) electrons. The molecule has 0 aromatic rings. The van der Waals surface area contributed by atoms with Crippen molar-refractivity contribution in [2.45, 2.75) is 38.8 Å². The van der Waals surface area contributed by atoms with Crippen LogP contribution in [0.2, 0.25) is 0 Å². The average molecular weight is 403 g/mol. The molecule has 2 atom stereocenters. The van der Waals surface area contributed by atoms with Gasteiger partial charge in [-0.15, -0.1) is 4.28 Å². The van der Waals surface area contributed by atoms with Gasteiger partial charge in [0.1, 0.15) is 6.04 Å². The zero-order valence-electron chi connectivity index (χ0n) is 15.8. The second-order valence-electron chi connectivity index (χ2n) is 5.60. The predicted octanol–water partition coefficient (Wildman–Crippen LogP) is -3.81. The van der Waals surface area contributed by atoms with Crippen molar-refractivity contribution in [3.8, 4) is 0 Å². The number of nitrogens with one attached hydrogen (secondary N) is 2. The minimum Gasteiger partial charge on any atom is -1.00 e. The number of nitrogens with zero attached hydrogens (tertiary/aromatic N) is 3. The maximum Gasteiger partial charge on any atom is 1.00 e. The molecule has 14 heteroatoms. The summed E-state index contributed by atoms with van der Waals surface area (Å²) in [5.74, 6) is -0.596. The Balaban J connectivity index is 0.00000338. The van der Waals surface area contributed by atoms with Crippen LogP contribution in [0, 0.1) is 0 Å². The molecule has 0 saturated carbocycles. The number of hydrogen-bond acceptors (Lipinski definition) is 6. The van der Waals surface area contributed by atoms with Crippen molar-refractivity contribution in [2.24, 2.45) is 0 Å². The Kier molecular flexibility index (Phi) is 8.10. The van der Waals surface area contributed by atoms with Crippen molar-refractivity contribution < 1.29 is 62.6 Å². The Morgan fingerprint density at radius 3 is 2.46 bits per heavy atom. The van der Waals surface area contributed by atoms with Crippen molar-refractivity contribution in [3.63, 3.8) is 0 Å². The fourth-order valence-corrected chi connectivity index (χ4v) is 3.28. The second kappa shape index (κ2) is 9.19. The molecule has 2 saturated heterocycles. The fraction of sp³-hybridized carbons (Fsp3) is 0.750. The standard InChI is InChI=1S/C12H21N5O7S.Na.H/c1-3-15(4-2)11(19)14-13-10(18)9-6-5-8-7-16(9)12(20)17(8)24-25(21,22)23;;/h8-9H,3-7H2,1-2H3,(H,13,18)(H,14,19)(H,21,22,23);;/q;+1;-1/t8-,9+;;/m1../s1. The van der Waals surface area contributed by atoms with Crippen LogP contribution in [0.4, 0.5) is 9.59 Å². The van der Waals surface area contributed by atoms with Gasteiger partial charge in [-0.3, -0.25) is 14.8 Å². The summed E-state index contributed by atoms with van der Waals surface area (Å²) in [6, 6.07) is -2.77. The Morgan fingerprint density at radius 1 is 1.31 bits per heavy atom.